The highest BCUT2D eigenvalue weighted by atomic mass is 16.3. The smallest absolute Gasteiger partial charge is 0.271 e. The van der Waals surface area contributed by atoms with Crippen molar-refractivity contribution in [2.24, 2.45) is 0 Å². The summed E-state index contributed by atoms with van der Waals surface area (Å²) in [5.74, 6) is 0.461. The number of benzene rings is 1. The van der Waals surface area contributed by atoms with Crippen molar-refractivity contribution in [3.05, 3.63) is 59.7 Å². The van der Waals surface area contributed by atoms with Gasteiger partial charge in [0.1, 0.15) is 22.8 Å². The number of fused-ring (bicyclic) bond motifs is 3. The van der Waals surface area contributed by atoms with Gasteiger partial charge in [0, 0.05) is 18.0 Å². The van der Waals surface area contributed by atoms with Crippen molar-refractivity contribution in [2.75, 3.05) is 13.6 Å². The Morgan fingerprint density at radius 2 is 1.93 bits per heavy atom. The third-order valence-corrected chi connectivity index (χ3v) is 5.70. The van der Waals surface area contributed by atoms with Crippen LogP contribution in [0.15, 0.2) is 46.9 Å². The molecule has 1 unspecified atom stereocenters. The minimum atomic E-state index is -1.12. The Morgan fingerprint density at radius 1 is 1.17 bits per heavy atom. The van der Waals surface area contributed by atoms with Gasteiger partial charge in [-0.15, -0.1) is 0 Å². The molecule has 4 rings (SSSR count). The molecular weight excluding hydrogens is 384 g/mol. The zero-order valence-corrected chi connectivity index (χ0v) is 17.2. The molecule has 2 N–H and O–H groups in total. The zero-order chi connectivity index (χ0) is 21.5. The van der Waals surface area contributed by atoms with E-state index in [2.05, 4.69) is 10.6 Å². The van der Waals surface area contributed by atoms with Crippen LogP contribution in [0.1, 0.15) is 28.9 Å². The molecule has 1 aliphatic rings. The van der Waals surface area contributed by atoms with Crippen LogP contribution in [0.2, 0.25) is 0 Å². The van der Waals surface area contributed by atoms with Crippen molar-refractivity contribution in [1.29, 1.82) is 0 Å². The maximum atomic E-state index is 13.0. The molecule has 1 atom stereocenters. The highest BCUT2D eigenvalue weighted by Crippen LogP contribution is 2.31. The summed E-state index contributed by atoms with van der Waals surface area (Å²) in [4.78, 5) is 39.5. The third-order valence-electron chi connectivity index (χ3n) is 5.70. The summed E-state index contributed by atoms with van der Waals surface area (Å²) < 4.78 is 7.28. The second kappa shape index (κ2) is 7.37. The van der Waals surface area contributed by atoms with E-state index >= 15 is 0 Å². The van der Waals surface area contributed by atoms with Crippen LogP contribution in [0.3, 0.4) is 0 Å². The molecule has 2 aromatic heterocycles. The number of carbonyl (C=O) groups is 3. The van der Waals surface area contributed by atoms with Crippen LogP contribution in [0.25, 0.3) is 10.9 Å². The van der Waals surface area contributed by atoms with Gasteiger partial charge in [-0.2, -0.15) is 0 Å². The minimum absolute atomic E-state index is 0.185. The number of nitrogens with zero attached hydrogens (tertiary/aromatic N) is 2. The molecule has 3 amide bonds. The molecule has 1 aliphatic heterocycles. The van der Waals surface area contributed by atoms with Crippen LogP contribution >= 0.6 is 0 Å². The number of carbonyl (C=O) groups excluding carboxylic acids is 3. The van der Waals surface area contributed by atoms with E-state index in [0.29, 0.717) is 18.0 Å². The highest BCUT2D eigenvalue weighted by Gasteiger charge is 2.45. The maximum absolute atomic E-state index is 13.0. The maximum Gasteiger partial charge on any atom is 0.271 e. The van der Waals surface area contributed by atoms with E-state index in [1.54, 1.807) is 20.0 Å². The Labute approximate surface area is 173 Å². The number of nitrogens with one attached hydrogen (secondary N) is 2. The topological polar surface area (TPSA) is 96.6 Å². The van der Waals surface area contributed by atoms with Gasteiger partial charge in [0.2, 0.25) is 11.8 Å². The van der Waals surface area contributed by atoms with Crippen molar-refractivity contribution in [3.8, 4) is 0 Å². The molecule has 0 spiro atoms. The molecule has 8 nitrogen and oxygen atoms in total. The number of hydrogen-bond acceptors (Lipinski definition) is 4. The fourth-order valence-electron chi connectivity index (χ4n) is 3.77. The summed E-state index contributed by atoms with van der Waals surface area (Å²) in [5, 5.41) is 6.32. The quantitative estimate of drug-likeness (QED) is 0.673. The van der Waals surface area contributed by atoms with Crippen molar-refractivity contribution >= 4 is 28.6 Å². The largest absolute Gasteiger partial charge is 0.465 e. The van der Waals surface area contributed by atoms with Crippen molar-refractivity contribution < 1.29 is 18.8 Å². The van der Waals surface area contributed by atoms with Crippen molar-refractivity contribution in [3.63, 3.8) is 0 Å². The molecule has 156 valence electrons. The van der Waals surface area contributed by atoms with Gasteiger partial charge >= 0.3 is 0 Å². The number of rotatable bonds is 5. The van der Waals surface area contributed by atoms with E-state index < -0.39 is 5.54 Å². The molecule has 0 aliphatic carbocycles. The Bertz CT molecular complexity index is 1150. The zero-order valence-electron chi connectivity index (χ0n) is 17.2. The molecule has 0 bridgehead atoms. The molecule has 30 heavy (non-hydrogen) atoms. The highest BCUT2D eigenvalue weighted by molar-refractivity contribution is 6.03. The predicted molar refractivity (Wildman–Crippen MR) is 111 cm³/mol. The van der Waals surface area contributed by atoms with Crippen LogP contribution in [-0.2, 0) is 22.7 Å². The van der Waals surface area contributed by atoms with Gasteiger partial charge < -0.3 is 24.5 Å². The van der Waals surface area contributed by atoms with Gasteiger partial charge in [-0.05, 0) is 38.1 Å². The average molecular weight is 408 g/mol. The molecule has 0 saturated heterocycles. The lowest BCUT2D eigenvalue weighted by atomic mass is 9.95. The molecule has 0 fully saturated rings. The first kappa shape index (κ1) is 19.8. The Morgan fingerprint density at radius 3 is 2.67 bits per heavy atom. The number of para-hydroxylation sites is 1. The van der Waals surface area contributed by atoms with Crippen LogP contribution in [-0.4, -0.2) is 46.3 Å². The Hall–Kier alpha value is -3.55. The summed E-state index contributed by atoms with van der Waals surface area (Å²) in [5.41, 5.74) is 0.333. The first-order chi connectivity index (χ1) is 14.3. The van der Waals surface area contributed by atoms with Gasteiger partial charge in [-0.3, -0.25) is 14.4 Å². The summed E-state index contributed by atoms with van der Waals surface area (Å²) in [7, 11) is 1.61. The Kier molecular flexibility index (Phi) is 4.85. The summed E-state index contributed by atoms with van der Waals surface area (Å²) in [6.07, 6.45) is 0. The van der Waals surface area contributed by atoms with Crippen LogP contribution in [0, 0.1) is 6.92 Å². The number of hydrogen-bond donors (Lipinski definition) is 2. The molecule has 3 heterocycles. The van der Waals surface area contributed by atoms with Gasteiger partial charge in [0.25, 0.3) is 5.91 Å². The second-order valence-corrected chi connectivity index (χ2v) is 7.78. The fourth-order valence-corrected chi connectivity index (χ4v) is 3.77. The predicted octanol–water partition coefficient (Wildman–Crippen LogP) is 1.82. The summed E-state index contributed by atoms with van der Waals surface area (Å²) >= 11 is 0. The first-order valence-corrected chi connectivity index (χ1v) is 9.76. The third kappa shape index (κ3) is 3.34. The summed E-state index contributed by atoms with van der Waals surface area (Å²) in [6.45, 7) is 3.90. The van der Waals surface area contributed by atoms with Crippen molar-refractivity contribution in [2.45, 2.75) is 32.5 Å². The van der Waals surface area contributed by atoms with Gasteiger partial charge in [0.05, 0.1) is 19.6 Å². The van der Waals surface area contributed by atoms with E-state index in [1.807, 2.05) is 47.9 Å². The number of amides is 3. The standard InChI is InChI=1S/C22H24N4O4/c1-14-8-9-16(30-14)11-23-19(27)12-24-21(29)22(2)13-26-17-7-5-4-6-15(17)10-18(26)20(28)25(22)3/h4-10H,11-13H2,1-3H3,(H,23,27)(H,24,29). The van der Waals surface area contributed by atoms with E-state index in [-0.39, 0.29) is 30.8 Å². The van der Waals surface area contributed by atoms with E-state index in [1.165, 1.54) is 4.90 Å². The van der Waals surface area contributed by atoms with Gasteiger partial charge in [0.15, 0.2) is 0 Å². The molecule has 8 heteroatoms. The first-order valence-electron chi connectivity index (χ1n) is 9.76. The van der Waals surface area contributed by atoms with Gasteiger partial charge in [-0.25, -0.2) is 0 Å². The van der Waals surface area contributed by atoms with E-state index in [4.69, 9.17) is 4.42 Å². The lowest BCUT2D eigenvalue weighted by Gasteiger charge is -2.41. The number of aromatic nitrogens is 1. The fraction of sp³-hybridized carbons (Fsp3) is 0.318. The molecule has 1 aromatic carbocycles. The molecule has 0 radical (unpaired) electrons. The SMILES string of the molecule is Cc1ccc(CNC(=O)CNC(=O)C2(C)Cn3c(cc4ccccc43)C(=O)N2C)o1. The van der Waals surface area contributed by atoms with E-state index in [9.17, 15) is 14.4 Å². The van der Waals surface area contributed by atoms with Crippen LogP contribution in [0.5, 0.6) is 0 Å². The number of aryl methyl sites for hydroxylation is 1. The minimum Gasteiger partial charge on any atom is -0.465 e. The van der Waals surface area contributed by atoms with Gasteiger partial charge in [-0.1, -0.05) is 18.2 Å². The average Bonchev–Trinajstić information content (AvgIpc) is 3.32. The van der Waals surface area contributed by atoms with Crippen LogP contribution in [0.4, 0.5) is 0 Å². The molecule has 0 saturated carbocycles. The number of furan rings is 1. The molecule has 3 aromatic rings. The van der Waals surface area contributed by atoms with Crippen LogP contribution < -0.4 is 10.6 Å². The lowest BCUT2D eigenvalue weighted by molar-refractivity contribution is -0.134. The normalized spacial score (nSPS) is 18.4. The van der Waals surface area contributed by atoms with Crippen molar-refractivity contribution in [1.82, 2.24) is 20.1 Å². The van der Waals surface area contributed by atoms with E-state index in [0.717, 1.165) is 16.7 Å². The number of likely N-dealkylation sites (N-methyl/N-ethyl adjacent to an activating group) is 1. The molecular formula is C22H24N4O4. The second-order valence-electron chi connectivity index (χ2n) is 7.78. The summed E-state index contributed by atoms with van der Waals surface area (Å²) in [6, 6.07) is 13.1. The monoisotopic (exact) mass is 408 g/mol. The Balaban J connectivity index is 1.45. The lowest BCUT2D eigenvalue weighted by Crippen LogP contribution is -2.63.